The molecule has 0 aliphatic rings. The van der Waals surface area contributed by atoms with E-state index >= 15 is 0 Å². The van der Waals surface area contributed by atoms with Crippen LogP contribution in [0.5, 0.6) is 0 Å². The minimum atomic E-state index is -1.24. The van der Waals surface area contributed by atoms with Gasteiger partial charge in [-0.3, -0.25) is 4.79 Å². The van der Waals surface area contributed by atoms with Crippen LogP contribution in [0.4, 0.5) is 4.79 Å². The first-order chi connectivity index (χ1) is 6.15. The molecule has 0 aliphatic heterocycles. The third-order valence-electron chi connectivity index (χ3n) is 1.05. The second-order valence-corrected chi connectivity index (χ2v) is 3.62. The summed E-state index contributed by atoms with van der Waals surface area (Å²) in [5.74, 6) is -1.24. The second-order valence-electron chi connectivity index (χ2n) is 3.62. The van der Waals surface area contributed by atoms with Crippen LogP contribution >= 0.6 is 0 Å². The Morgan fingerprint density at radius 1 is 1.54 bits per heavy atom. The van der Waals surface area contributed by atoms with Gasteiger partial charge in [0.2, 0.25) is 0 Å². The Labute approximate surface area is 78.5 Å². The van der Waals surface area contributed by atoms with Gasteiger partial charge >= 0.3 is 12.1 Å². The van der Waals surface area contributed by atoms with Gasteiger partial charge in [-0.2, -0.15) is 0 Å². The second kappa shape index (κ2) is 4.11. The number of rotatable bonds is 2. The van der Waals surface area contributed by atoms with Crippen LogP contribution in [0.25, 0.3) is 0 Å². The van der Waals surface area contributed by atoms with E-state index in [9.17, 15) is 9.59 Å². The van der Waals surface area contributed by atoms with Gasteiger partial charge in [0.05, 0.1) is 0 Å². The van der Waals surface area contributed by atoms with E-state index in [1.54, 1.807) is 20.8 Å². The van der Waals surface area contributed by atoms with Gasteiger partial charge in [-0.1, -0.05) is 0 Å². The number of aliphatic carboxylic acids is 1. The molecule has 76 valence electrons. The first kappa shape index (κ1) is 9.83. The lowest BCUT2D eigenvalue weighted by Gasteiger charge is -2.20. The van der Waals surface area contributed by atoms with Crippen molar-refractivity contribution in [2.45, 2.75) is 39.3 Å². The molecule has 0 rings (SSSR count). The molecule has 1 atom stereocenters. The fourth-order valence-corrected chi connectivity index (χ4v) is 0.502. The van der Waals surface area contributed by atoms with Gasteiger partial charge in [0.15, 0.2) is 1.41 Å². The van der Waals surface area contributed by atoms with Crippen molar-refractivity contribution < 1.29 is 20.8 Å². The van der Waals surface area contributed by atoms with Gasteiger partial charge in [-0.15, -0.1) is 0 Å². The lowest BCUT2D eigenvalue weighted by atomic mass is 10.2. The highest BCUT2D eigenvalue weighted by atomic mass is 16.6. The minimum absolute atomic E-state index is 0.299. The van der Waals surface area contributed by atoms with Crippen LogP contribution in [0.2, 0.25) is 1.41 Å². The number of ether oxygens (including phenoxy) is 1. The summed E-state index contributed by atoms with van der Waals surface area (Å²) >= 11 is 0. The molecular formula is C8H15NO4. The summed E-state index contributed by atoms with van der Waals surface area (Å²) < 4.78 is 12.0. The molecule has 0 aromatic carbocycles. The number of carbonyl (C=O) groups is 2. The zero-order chi connectivity index (χ0) is 11.5. The number of nitrogens with one attached hydrogen (secondary N) is 1. The first-order valence-corrected chi connectivity index (χ1v) is 3.89. The van der Waals surface area contributed by atoms with E-state index in [1.165, 1.54) is 6.92 Å². The van der Waals surface area contributed by atoms with E-state index in [1.807, 2.05) is 0 Å². The molecule has 0 aliphatic carbocycles. The van der Waals surface area contributed by atoms with Crippen LogP contribution in [0.1, 0.15) is 27.7 Å². The Morgan fingerprint density at radius 2 is 2.00 bits per heavy atom. The van der Waals surface area contributed by atoms with E-state index in [0.29, 0.717) is 5.31 Å². The van der Waals surface area contributed by atoms with Crippen molar-refractivity contribution in [3.05, 3.63) is 0 Å². The Bertz CT molecular complexity index is 236. The SMILES string of the molecule is [2H]N(C(=O)OC(C)(C)C)C(C)C(=O)O. The molecule has 0 fully saturated rings. The molecule has 0 heterocycles. The van der Waals surface area contributed by atoms with Gasteiger partial charge in [0, 0.05) is 0 Å². The predicted octanol–water partition coefficient (Wildman–Crippen LogP) is 0.984. The lowest BCUT2D eigenvalue weighted by molar-refractivity contribution is -0.139. The van der Waals surface area contributed by atoms with Crippen molar-refractivity contribution in [1.29, 1.82) is 0 Å². The van der Waals surface area contributed by atoms with Crippen molar-refractivity contribution in [2.75, 3.05) is 0 Å². The number of carboxylic acid groups (broad SMARTS) is 1. The number of hydrogen-bond donors (Lipinski definition) is 2. The molecule has 0 saturated carbocycles. The molecule has 1 amide bonds. The van der Waals surface area contributed by atoms with E-state index in [2.05, 4.69) is 0 Å². The summed E-state index contributed by atoms with van der Waals surface area (Å²) in [5, 5.41) is 8.83. The fourth-order valence-electron chi connectivity index (χ4n) is 0.502. The maximum atomic E-state index is 11.2. The predicted molar refractivity (Wildman–Crippen MR) is 46.5 cm³/mol. The monoisotopic (exact) mass is 190 g/mol. The Hall–Kier alpha value is -1.26. The molecular weight excluding hydrogens is 174 g/mol. The van der Waals surface area contributed by atoms with Crippen LogP contribution in [0.15, 0.2) is 0 Å². The molecule has 0 bridgehead atoms. The number of carboxylic acids is 1. The number of hydrogen-bond acceptors (Lipinski definition) is 3. The van der Waals surface area contributed by atoms with Gasteiger partial charge in [-0.25, -0.2) is 4.79 Å². The zero-order valence-electron chi connectivity index (χ0n) is 9.20. The summed E-state index contributed by atoms with van der Waals surface area (Å²) in [7, 11) is 0. The van der Waals surface area contributed by atoms with E-state index < -0.39 is 23.7 Å². The number of amides is 1. The van der Waals surface area contributed by atoms with Crippen molar-refractivity contribution in [3.8, 4) is 0 Å². The maximum Gasteiger partial charge on any atom is 0.408 e. The summed E-state index contributed by atoms with van der Waals surface area (Å²) in [6, 6.07) is -1.22. The molecule has 0 spiro atoms. The summed E-state index contributed by atoms with van der Waals surface area (Å²) in [5.41, 5.74) is -0.728. The Morgan fingerprint density at radius 3 is 2.31 bits per heavy atom. The van der Waals surface area contributed by atoms with Crippen LogP contribution in [0, 0.1) is 0 Å². The topological polar surface area (TPSA) is 75.6 Å². The van der Waals surface area contributed by atoms with Crippen LogP contribution in [-0.2, 0) is 9.53 Å². The molecule has 0 saturated heterocycles. The van der Waals surface area contributed by atoms with E-state index in [-0.39, 0.29) is 0 Å². The normalized spacial score (nSPS) is 14.3. The Balaban J connectivity index is 4.33. The van der Waals surface area contributed by atoms with E-state index in [4.69, 9.17) is 11.3 Å². The third-order valence-corrected chi connectivity index (χ3v) is 1.05. The van der Waals surface area contributed by atoms with Crippen molar-refractivity contribution in [1.82, 2.24) is 5.31 Å². The van der Waals surface area contributed by atoms with Crippen molar-refractivity contribution >= 4 is 12.1 Å². The molecule has 5 nitrogen and oxygen atoms in total. The molecule has 13 heavy (non-hydrogen) atoms. The zero-order valence-corrected chi connectivity index (χ0v) is 8.20. The highest BCUT2D eigenvalue weighted by Crippen LogP contribution is 2.06. The molecule has 1 unspecified atom stereocenters. The Kier molecular flexibility index (Phi) is 3.11. The van der Waals surface area contributed by atoms with Crippen molar-refractivity contribution in [2.24, 2.45) is 0 Å². The lowest BCUT2D eigenvalue weighted by Crippen LogP contribution is -2.41. The van der Waals surface area contributed by atoms with Gasteiger partial charge in [0.1, 0.15) is 11.6 Å². The van der Waals surface area contributed by atoms with Gasteiger partial charge in [-0.05, 0) is 27.7 Å². The quantitative estimate of drug-likeness (QED) is 0.680. The third kappa shape index (κ3) is 5.95. The molecule has 5 heteroatoms. The highest BCUT2D eigenvalue weighted by molar-refractivity contribution is 5.79. The standard InChI is InChI=1S/C8H15NO4/c1-5(6(10)11)9-7(12)13-8(2,3)4/h5H,1-4H3,(H,9,12)(H,10,11)/i/hD. The largest absolute Gasteiger partial charge is 0.480 e. The maximum absolute atomic E-state index is 11.2. The van der Waals surface area contributed by atoms with Crippen LogP contribution < -0.4 is 5.31 Å². The average Bonchev–Trinajstić information content (AvgIpc) is 1.98. The van der Waals surface area contributed by atoms with E-state index in [0.717, 1.165) is 0 Å². The van der Waals surface area contributed by atoms with Crippen LogP contribution in [-0.4, -0.2) is 28.8 Å². The molecule has 0 aromatic heterocycles. The fraction of sp³-hybridized carbons (Fsp3) is 0.750. The van der Waals surface area contributed by atoms with Gasteiger partial charge < -0.3 is 15.2 Å². The summed E-state index contributed by atoms with van der Waals surface area (Å²) in [6.45, 7) is 6.16. The molecule has 2 N–H and O–H groups in total. The molecule has 0 radical (unpaired) electrons. The van der Waals surface area contributed by atoms with Crippen molar-refractivity contribution in [3.63, 3.8) is 0 Å². The number of alkyl carbamates (subject to hydrolysis) is 1. The van der Waals surface area contributed by atoms with Crippen LogP contribution in [0.3, 0.4) is 0 Å². The average molecular weight is 190 g/mol. The smallest absolute Gasteiger partial charge is 0.408 e. The molecule has 0 aromatic rings. The number of carbonyl (C=O) groups excluding carboxylic acids is 1. The summed E-state index contributed by atoms with van der Waals surface area (Å²) in [4.78, 5) is 21.6. The first-order valence-electron chi connectivity index (χ1n) is 4.34. The summed E-state index contributed by atoms with van der Waals surface area (Å²) in [6.07, 6.45) is -0.965. The van der Waals surface area contributed by atoms with Gasteiger partial charge in [0.25, 0.3) is 0 Å². The highest BCUT2D eigenvalue weighted by Gasteiger charge is 2.20. The minimum Gasteiger partial charge on any atom is -0.480 e.